The van der Waals surface area contributed by atoms with E-state index >= 15 is 0 Å². The number of rotatable bonds is 6. The molecule has 1 atom stereocenters. The lowest BCUT2D eigenvalue weighted by Gasteiger charge is -2.17. The van der Waals surface area contributed by atoms with Crippen molar-refractivity contribution in [1.82, 2.24) is 5.32 Å². The molecule has 0 aromatic heterocycles. The van der Waals surface area contributed by atoms with Gasteiger partial charge in [0.25, 0.3) is 5.91 Å². The van der Waals surface area contributed by atoms with Crippen LogP contribution in [0, 0.1) is 0 Å². The summed E-state index contributed by atoms with van der Waals surface area (Å²) in [6, 6.07) is 17.4. The zero-order valence-corrected chi connectivity index (χ0v) is 15.6. The number of benzene rings is 3. The van der Waals surface area contributed by atoms with Crippen molar-refractivity contribution >= 4 is 22.6 Å². The Labute approximate surface area is 162 Å². The molecule has 2 N–H and O–H groups in total. The maximum absolute atomic E-state index is 12.3. The SMILES string of the molecule is COc1ccccc1C(C)NC(=O)COC(=O)c1ccc2ccccc2c1O. The highest BCUT2D eigenvalue weighted by Gasteiger charge is 2.18. The molecule has 3 aromatic rings. The Morgan fingerprint density at radius 1 is 1.04 bits per heavy atom. The van der Waals surface area contributed by atoms with Gasteiger partial charge in [-0.05, 0) is 24.4 Å². The van der Waals surface area contributed by atoms with Crippen molar-refractivity contribution in [3.05, 3.63) is 71.8 Å². The molecule has 0 aliphatic carbocycles. The van der Waals surface area contributed by atoms with Crippen LogP contribution >= 0.6 is 0 Å². The van der Waals surface area contributed by atoms with E-state index in [0.29, 0.717) is 11.1 Å². The van der Waals surface area contributed by atoms with E-state index in [1.54, 1.807) is 31.4 Å². The van der Waals surface area contributed by atoms with Crippen LogP contribution in [-0.2, 0) is 9.53 Å². The summed E-state index contributed by atoms with van der Waals surface area (Å²) in [4.78, 5) is 24.5. The molecule has 0 saturated carbocycles. The fourth-order valence-corrected chi connectivity index (χ4v) is 3.01. The van der Waals surface area contributed by atoms with Crippen molar-refractivity contribution in [3.63, 3.8) is 0 Å². The first-order chi connectivity index (χ1) is 13.5. The molecule has 3 rings (SSSR count). The molecule has 6 heteroatoms. The average Bonchev–Trinajstić information content (AvgIpc) is 2.72. The minimum Gasteiger partial charge on any atom is -0.506 e. The number of carbonyl (C=O) groups excluding carboxylic acids is 2. The Morgan fingerprint density at radius 3 is 2.54 bits per heavy atom. The normalized spacial score (nSPS) is 11.6. The monoisotopic (exact) mass is 379 g/mol. The van der Waals surface area contributed by atoms with Crippen molar-refractivity contribution < 1.29 is 24.2 Å². The van der Waals surface area contributed by atoms with E-state index in [2.05, 4.69) is 5.32 Å². The molecule has 0 spiro atoms. The zero-order valence-electron chi connectivity index (χ0n) is 15.6. The van der Waals surface area contributed by atoms with Crippen LogP contribution in [0.15, 0.2) is 60.7 Å². The number of hydrogen-bond donors (Lipinski definition) is 2. The van der Waals surface area contributed by atoms with Crippen LogP contribution in [0.2, 0.25) is 0 Å². The molecule has 0 bridgehead atoms. The highest BCUT2D eigenvalue weighted by molar-refractivity contribution is 6.01. The van der Waals surface area contributed by atoms with Gasteiger partial charge >= 0.3 is 5.97 Å². The smallest absolute Gasteiger partial charge is 0.342 e. The average molecular weight is 379 g/mol. The van der Waals surface area contributed by atoms with Crippen molar-refractivity contribution in [2.45, 2.75) is 13.0 Å². The van der Waals surface area contributed by atoms with Crippen LogP contribution in [-0.4, -0.2) is 30.7 Å². The van der Waals surface area contributed by atoms with Crippen LogP contribution < -0.4 is 10.1 Å². The number of fused-ring (bicyclic) bond motifs is 1. The maximum Gasteiger partial charge on any atom is 0.342 e. The van der Waals surface area contributed by atoms with E-state index in [9.17, 15) is 14.7 Å². The van der Waals surface area contributed by atoms with Gasteiger partial charge in [0.05, 0.1) is 13.2 Å². The largest absolute Gasteiger partial charge is 0.506 e. The summed E-state index contributed by atoms with van der Waals surface area (Å²) < 4.78 is 10.4. The van der Waals surface area contributed by atoms with Crippen LogP contribution in [0.1, 0.15) is 28.9 Å². The Balaban J connectivity index is 1.63. The number of amides is 1. The molecule has 1 unspecified atom stereocenters. The van der Waals surface area contributed by atoms with E-state index < -0.39 is 18.5 Å². The molecule has 0 fully saturated rings. The Kier molecular flexibility index (Phi) is 5.79. The fraction of sp³-hybridized carbons (Fsp3) is 0.182. The minimum atomic E-state index is -0.761. The lowest BCUT2D eigenvalue weighted by atomic mass is 10.1. The number of phenolic OH excluding ortho intramolecular Hbond substituents is 1. The van der Waals surface area contributed by atoms with E-state index in [0.717, 1.165) is 10.9 Å². The van der Waals surface area contributed by atoms with E-state index in [1.165, 1.54) is 6.07 Å². The van der Waals surface area contributed by atoms with Crippen molar-refractivity contribution in [1.29, 1.82) is 0 Å². The van der Waals surface area contributed by atoms with Gasteiger partial charge in [-0.2, -0.15) is 0 Å². The first-order valence-corrected chi connectivity index (χ1v) is 8.81. The standard InChI is InChI=1S/C22H21NO5/c1-14(16-8-5-6-10-19(16)27-2)23-20(24)13-28-22(26)18-12-11-15-7-3-4-9-17(15)21(18)25/h3-12,14,25H,13H2,1-2H3,(H,23,24). The summed E-state index contributed by atoms with van der Waals surface area (Å²) in [6.07, 6.45) is 0. The summed E-state index contributed by atoms with van der Waals surface area (Å²) in [5, 5.41) is 14.4. The zero-order chi connectivity index (χ0) is 20.1. The van der Waals surface area contributed by atoms with Gasteiger partial charge in [-0.3, -0.25) is 4.79 Å². The fourth-order valence-electron chi connectivity index (χ4n) is 3.01. The second kappa shape index (κ2) is 8.43. The molecule has 28 heavy (non-hydrogen) atoms. The third-order valence-corrected chi connectivity index (χ3v) is 4.44. The molecule has 0 aliphatic rings. The molecular formula is C22H21NO5. The van der Waals surface area contributed by atoms with Crippen LogP contribution in [0.25, 0.3) is 10.8 Å². The number of para-hydroxylation sites is 1. The summed E-state index contributed by atoms with van der Waals surface area (Å²) in [7, 11) is 1.56. The second-order valence-corrected chi connectivity index (χ2v) is 6.29. The summed E-state index contributed by atoms with van der Waals surface area (Å²) in [6.45, 7) is 1.36. The highest BCUT2D eigenvalue weighted by atomic mass is 16.5. The molecule has 0 aliphatic heterocycles. The molecular weight excluding hydrogens is 358 g/mol. The molecule has 0 radical (unpaired) electrons. The predicted octanol–water partition coefficient (Wildman–Crippen LogP) is 3.59. The quantitative estimate of drug-likeness (QED) is 0.640. The number of aromatic hydroxyl groups is 1. The van der Waals surface area contributed by atoms with Gasteiger partial charge in [0.15, 0.2) is 6.61 Å². The van der Waals surface area contributed by atoms with Crippen molar-refractivity contribution in [2.75, 3.05) is 13.7 Å². The lowest BCUT2D eigenvalue weighted by molar-refractivity contribution is -0.124. The maximum atomic E-state index is 12.3. The molecule has 6 nitrogen and oxygen atoms in total. The molecule has 1 amide bonds. The Hall–Kier alpha value is -3.54. The summed E-state index contributed by atoms with van der Waals surface area (Å²) in [5.74, 6) is -0.713. The van der Waals surface area contributed by atoms with E-state index in [1.807, 2.05) is 37.3 Å². The summed E-state index contributed by atoms with van der Waals surface area (Å²) >= 11 is 0. The number of phenols is 1. The third kappa shape index (κ3) is 4.06. The third-order valence-electron chi connectivity index (χ3n) is 4.44. The Bertz CT molecular complexity index is 1010. The highest BCUT2D eigenvalue weighted by Crippen LogP contribution is 2.29. The van der Waals surface area contributed by atoms with Gasteiger partial charge in [-0.25, -0.2) is 4.79 Å². The topological polar surface area (TPSA) is 84.9 Å². The minimum absolute atomic E-state index is 0.0178. The Morgan fingerprint density at radius 2 is 1.75 bits per heavy atom. The van der Waals surface area contributed by atoms with Gasteiger partial charge in [0.2, 0.25) is 0 Å². The number of esters is 1. The second-order valence-electron chi connectivity index (χ2n) is 6.29. The van der Waals surface area contributed by atoms with Gasteiger partial charge in [0.1, 0.15) is 17.1 Å². The first kappa shape index (κ1) is 19.2. The lowest BCUT2D eigenvalue weighted by Crippen LogP contribution is -2.31. The van der Waals surface area contributed by atoms with Crippen LogP contribution in [0.3, 0.4) is 0 Å². The van der Waals surface area contributed by atoms with Gasteiger partial charge in [0, 0.05) is 10.9 Å². The number of hydrogen-bond acceptors (Lipinski definition) is 5. The summed E-state index contributed by atoms with van der Waals surface area (Å²) in [5.41, 5.74) is 0.834. The molecule has 0 saturated heterocycles. The van der Waals surface area contributed by atoms with E-state index in [-0.39, 0.29) is 17.4 Å². The van der Waals surface area contributed by atoms with Gasteiger partial charge < -0.3 is 19.9 Å². The number of methoxy groups -OCH3 is 1. The van der Waals surface area contributed by atoms with Crippen molar-refractivity contribution in [3.8, 4) is 11.5 Å². The number of carbonyl (C=O) groups is 2. The predicted molar refractivity (Wildman–Crippen MR) is 105 cm³/mol. The van der Waals surface area contributed by atoms with Crippen molar-refractivity contribution in [2.24, 2.45) is 0 Å². The van der Waals surface area contributed by atoms with Crippen LogP contribution in [0.4, 0.5) is 0 Å². The molecule has 0 heterocycles. The molecule has 3 aromatic carbocycles. The number of nitrogens with one attached hydrogen (secondary N) is 1. The van der Waals surface area contributed by atoms with Crippen LogP contribution in [0.5, 0.6) is 11.5 Å². The van der Waals surface area contributed by atoms with Gasteiger partial charge in [-0.15, -0.1) is 0 Å². The van der Waals surface area contributed by atoms with E-state index in [4.69, 9.17) is 9.47 Å². The number of ether oxygens (including phenoxy) is 2. The first-order valence-electron chi connectivity index (χ1n) is 8.81. The molecule has 144 valence electrons. The van der Waals surface area contributed by atoms with Gasteiger partial charge in [-0.1, -0.05) is 48.5 Å².